The van der Waals surface area contributed by atoms with Crippen LogP contribution in [0.15, 0.2) is 48.5 Å². The van der Waals surface area contributed by atoms with E-state index in [-0.39, 0.29) is 0 Å². The van der Waals surface area contributed by atoms with Gasteiger partial charge in [-0.3, -0.25) is 4.90 Å². The molecule has 4 nitrogen and oxygen atoms in total. The lowest BCUT2D eigenvalue weighted by molar-refractivity contribution is 0.0696. The van der Waals surface area contributed by atoms with Gasteiger partial charge < -0.3 is 9.84 Å². The SMILES string of the molecule is COc1ccccc1CN(Cc1cccc(C(=O)O)c1)C1CC1. The van der Waals surface area contributed by atoms with Gasteiger partial charge in [-0.15, -0.1) is 0 Å². The molecule has 0 saturated heterocycles. The predicted molar refractivity (Wildman–Crippen MR) is 88.7 cm³/mol. The number of ether oxygens (including phenoxy) is 1. The van der Waals surface area contributed by atoms with Crippen LogP contribution in [0.3, 0.4) is 0 Å². The second-order valence-corrected chi connectivity index (χ2v) is 5.95. The third-order valence-corrected chi connectivity index (χ3v) is 4.19. The zero-order valence-electron chi connectivity index (χ0n) is 13.2. The molecule has 4 heteroatoms. The number of carboxylic acid groups (broad SMARTS) is 1. The van der Waals surface area contributed by atoms with Crippen molar-refractivity contribution in [2.45, 2.75) is 32.0 Å². The minimum atomic E-state index is -0.880. The number of nitrogens with zero attached hydrogens (tertiary/aromatic N) is 1. The number of methoxy groups -OCH3 is 1. The summed E-state index contributed by atoms with van der Waals surface area (Å²) in [6.45, 7) is 1.57. The first kappa shape index (κ1) is 15.6. The minimum Gasteiger partial charge on any atom is -0.496 e. The molecule has 0 heterocycles. The van der Waals surface area contributed by atoms with Crippen LogP contribution in [0.4, 0.5) is 0 Å². The van der Waals surface area contributed by atoms with Gasteiger partial charge in [0.05, 0.1) is 12.7 Å². The Morgan fingerprint density at radius 1 is 1.17 bits per heavy atom. The molecule has 1 fully saturated rings. The van der Waals surface area contributed by atoms with Crippen LogP contribution in [-0.2, 0) is 13.1 Å². The molecule has 2 aromatic rings. The lowest BCUT2D eigenvalue weighted by Crippen LogP contribution is -2.25. The molecule has 2 aromatic carbocycles. The molecule has 0 atom stereocenters. The van der Waals surface area contributed by atoms with Crippen LogP contribution < -0.4 is 4.74 Å². The van der Waals surface area contributed by atoms with Crippen molar-refractivity contribution >= 4 is 5.97 Å². The average Bonchev–Trinajstić information content (AvgIpc) is 3.40. The van der Waals surface area contributed by atoms with Crippen LogP contribution in [0, 0.1) is 0 Å². The molecule has 1 N–H and O–H groups in total. The van der Waals surface area contributed by atoms with Crippen molar-refractivity contribution in [3.63, 3.8) is 0 Å². The summed E-state index contributed by atoms with van der Waals surface area (Å²) in [5.74, 6) is 0.0204. The van der Waals surface area contributed by atoms with Gasteiger partial charge in [-0.1, -0.05) is 30.3 Å². The first-order valence-electron chi connectivity index (χ1n) is 7.85. The van der Waals surface area contributed by atoms with E-state index >= 15 is 0 Å². The number of carboxylic acids is 1. The van der Waals surface area contributed by atoms with Crippen molar-refractivity contribution in [1.29, 1.82) is 0 Å². The van der Waals surface area contributed by atoms with E-state index in [1.54, 1.807) is 19.2 Å². The van der Waals surface area contributed by atoms with Crippen LogP contribution >= 0.6 is 0 Å². The van der Waals surface area contributed by atoms with Crippen LogP contribution in [0.1, 0.15) is 34.3 Å². The van der Waals surface area contributed by atoms with Gasteiger partial charge >= 0.3 is 5.97 Å². The highest BCUT2D eigenvalue weighted by Gasteiger charge is 2.29. The smallest absolute Gasteiger partial charge is 0.335 e. The van der Waals surface area contributed by atoms with Crippen LogP contribution in [0.25, 0.3) is 0 Å². The van der Waals surface area contributed by atoms with E-state index in [1.165, 1.54) is 12.8 Å². The van der Waals surface area contributed by atoms with Crippen molar-refractivity contribution in [2.75, 3.05) is 7.11 Å². The van der Waals surface area contributed by atoms with Gasteiger partial charge in [0.1, 0.15) is 5.75 Å². The van der Waals surface area contributed by atoms with Crippen LogP contribution in [0.2, 0.25) is 0 Å². The molecular weight excluding hydrogens is 290 g/mol. The molecule has 0 amide bonds. The molecule has 1 aliphatic rings. The number of para-hydroxylation sites is 1. The summed E-state index contributed by atoms with van der Waals surface area (Å²) in [4.78, 5) is 13.5. The van der Waals surface area contributed by atoms with Gasteiger partial charge in [-0.05, 0) is 36.6 Å². The van der Waals surface area contributed by atoms with Crippen molar-refractivity contribution in [3.05, 3.63) is 65.2 Å². The van der Waals surface area contributed by atoms with Crippen LogP contribution in [0.5, 0.6) is 5.75 Å². The average molecular weight is 311 g/mol. The molecule has 23 heavy (non-hydrogen) atoms. The number of hydrogen-bond donors (Lipinski definition) is 1. The largest absolute Gasteiger partial charge is 0.496 e. The van der Waals surface area contributed by atoms with E-state index in [4.69, 9.17) is 9.84 Å². The highest BCUT2D eigenvalue weighted by atomic mass is 16.5. The summed E-state index contributed by atoms with van der Waals surface area (Å²) >= 11 is 0. The Balaban J connectivity index is 1.77. The van der Waals surface area contributed by atoms with Crippen molar-refractivity contribution < 1.29 is 14.6 Å². The van der Waals surface area contributed by atoms with E-state index in [0.717, 1.165) is 30.0 Å². The zero-order chi connectivity index (χ0) is 16.2. The molecule has 1 saturated carbocycles. The molecule has 0 radical (unpaired) electrons. The Morgan fingerprint density at radius 2 is 1.96 bits per heavy atom. The number of aromatic carboxylic acids is 1. The number of hydrogen-bond acceptors (Lipinski definition) is 3. The molecule has 0 bridgehead atoms. The highest BCUT2D eigenvalue weighted by molar-refractivity contribution is 5.87. The Hall–Kier alpha value is -2.33. The first-order chi connectivity index (χ1) is 11.2. The maximum Gasteiger partial charge on any atom is 0.335 e. The number of rotatable bonds is 7. The van der Waals surface area contributed by atoms with E-state index < -0.39 is 5.97 Å². The lowest BCUT2D eigenvalue weighted by atomic mass is 10.1. The summed E-state index contributed by atoms with van der Waals surface area (Å²) in [6.07, 6.45) is 2.40. The first-order valence-corrected chi connectivity index (χ1v) is 7.85. The van der Waals surface area contributed by atoms with E-state index in [9.17, 15) is 4.79 Å². The third kappa shape index (κ3) is 3.90. The fourth-order valence-corrected chi connectivity index (χ4v) is 2.84. The molecule has 3 rings (SSSR count). The van der Waals surface area contributed by atoms with Gasteiger partial charge in [-0.25, -0.2) is 4.79 Å². The summed E-state index contributed by atoms with van der Waals surface area (Å²) in [5, 5.41) is 9.14. The van der Waals surface area contributed by atoms with E-state index in [0.29, 0.717) is 11.6 Å². The fourth-order valence-electron chi connectivity index (χ4n) is 2.84. The summed E-state index contributed by atoms with van der Waals surface area (Å²) in [7, 11) is 1.69. The maximum absolute atomic E-state index is 11.1. The zero-order valence-corrected chi connectivity index (χ0v) is 13.2. The Morgan fingerprint density at radius 3 is 2.65 bits per heavy atom. The second-order valence-electron chi connectivity index (χ2n) is 5.95. The van der Waals surface area contributed by atoms with Crippen molar-refractivity contribution in [3.8, 4) is 5.75 Å². The molecular formula is C19H21NO3. The van der Waals surface area contributed by atoms with Gasteiger partial charge in [-0.2, -0.15) is 0 Å². The monoisotopic (exact) mass is 311 g/mol. The van der Waals surface area contributed by atoms with Crippen molar-refractivity contribution in [1.82, 2.24) is 4.90 Å². The summed E-state index contributed by atoms with van der Waals surface area (Å²) < 4.78 is 5.44. The van der Waals surface area contributed by atoms with E-state index in [2.05, 4.69) is 11.0 Å². The van der Waals surface area contributed by atoms with Gasteiger partial charge in [0.15, 0.2) is 0 Å². The summed E-state index contributed by atoms with van der Waals surface area (Å²) in [6, 6.07) is 15.8. The number of benzene rings is 2. The molecule has 0 aromatic heterocycles. The molecule has 0 spiro atoms. The molecule has 120 valence electrons. The Bertz CT molecular complexity index is 695. The molecule has 0 unspecified atom stereocenters. The predicted octanol–water partition coefficient (Wildman–Crippen LogP) is 3.56. The normalized spacial score (nSPS) is 14.0. The van der Waals surface area contributed by atoms with Crippen LogP contribution in [-0.4, -0.2) is 29.1 Å². The lowest BCUT2D eigenvalue weighted by Gasteiger charge is -2.23. The third-order valence-electron chi connectivity index (χ3n) is 4.19. The molecule has 1 aliphatic carbocycles. The summed E-state index contributed by atoms with van der Waals surface area (Å²) in [5.41, 5.74) is 2.54. The topological polar surface area (TPSA) is 49.8 Å². The Kier molecular flexibility index (Phi) is 4.63. The molecule has 0 aliphatic heterocycles. The van der Waals surface area contributed by atoms with Gasteiger partial charge in [0.2, 0.25) is 0 Å². The van der Waals surface area contributed by atoms with E-state index in [1.807, 2.05) is 30.3 Å². The fraction of sp³-hybridized carbons (Fsp3) is 0.316. The van der Waals surface area contributed by atoms with Crippen molar-refractivity contribution in [2.24, 2.45) is 0 Å². The minimum absolute atomic E-state index is 0.343. The quantitative estimate of drug-likeness (QED) is 0.849. The standard InChI is InChI=1S/C19H21NO3/c1-23-18-8-3-2-6-16(18)13-20(17-9-10-17)12-14-5-4-7-15(11-14)19(21)22/h2-8,11,17H,9-10,12-13H2,1H3,(H,21,22). The van der Waals surface area contributed by atoms with Gasteiger partial charge in [0.25, 0.3) is 0 Å². The number of carbonyl (C=O) groups is 1. The second kappa shape index (κ2) is 6.84. The van der Waals surface area contributed by atoms with Gasteiger partial charge in [0, 0.05) is 24.7 Å². The maximum atomic E-state index is 11.1. The highest BCUT2D eigenvalue weighted by Crippen LogP contribution is 2.31. The Labute approximate surface area is 136 Å².